The van der Waals surface area contributed by atoms with Gasteiger partial charge in [0.15, 0.2) is 0 Å². The zero-order valence-corrected chi connectivity index (χ0v) is 18.4. The normalized spacial score (nSPS) is 20.1. The average Bonchev–Trinajstić information content (AvgIpc) is 3.07. The fourth-order valence-corrected chi connectivity index (χ4v) is 3.55. The molecule has 2 amide bonds. The van der Waals surface area contributed by atoms with Gasteiger partial charge in [0.05, 0.1) is 13.7 Å². The van der Waals surface area contributed by atoms with Crippen molar-refractivity contribution in [2.45, 2.75) is 39.3 Å². The van der Waals surface area contributed by atoms with Crippen LogP contribution in [0.3, 0.4) is 0 Å². The molecule has 2 heterocycles. The summed E-state index contributed by atoms with van der Waals surface area (Å²) in [5, 5.41) is 12.2. The van der Waals surface area contributed by atoms with Crippen LogP contribution in [0.25, 0.3) is 0 Å². The van der Waals surface area contributed by atoms with Crippen molar-refractivity contribution in [1.29, 1.82) is 0 Å². The van der Waals surface area contributed by atoms with Gasteiger partial charge in [0, 0.05) is 24.7 Å². The molecule has 1 saturated heterocycles. The highest BCUT2D eigenvalue weighted by Gasteiger charge is 2.45. The number of aromatic nitrogens is 1. The van der Waals surface area contributed by atoms with Crippen LogP contribution in [0.15, 0.2) is 22.9 Å². The highest BCUT2D eigenvalue weighted by atomic mass is 79.9. The van der Waals surface area contributed by atoms with E-state index >= 15 is 0 Å². The number of pyridine rings is 1. The molecule has 3 atom stereocenters. The van der Waals surface area contributed by atoms with E-state index < -0.39 is 35.5 Å². The van der Waals surface area contributed by atoms with E-state index in [0.717, 1.165) is 0 Å². The maximum absolute atomic E-state index is 13.2. The molecule has 1 aliphatic heterocycles. The molecule has 1 aromatic heterocycles. The second-order valence-corrected chi connectivity index (χ2v) is 8.82. The van der Waals surface area contributed by atoms with Gasteiger partial charge in [-0.1, -0.05) is 20.8 Å². The molecule has 1 aromatic rings. The fourth-order valence-electron chi connectivity index (χ4n) is 3.20. The molecule has 0 unspecified atom stereocenters. The highest BCUT2D eigenvalue weighted by Crippen LogP contribution is 2.29. The van der Waals surface area contributed by atoms with Gasteiger partial charge in [-0.2, -0.15) is 0 Å². The third kappa shape index (κ3) is 6.06. The Morgan fingerprint density at radius 1 is 1.41 bits per heavy atom. The Balaban J connectivity index is 2.13. The number of amides is 2. The number of carboxylic acids is 1. The minimum atomic E-state index is -1.08. The van der Waals surface area contributed by atoms with Gasteiger partial charge < -0.3 is 24.8 Å². The number of nitrogens with one attached hydrogen (secondary N) is 1. The number of carbonyl (C=O) groups is 3. The second kappa shape index (κ2) is 9.43. The van der Waals surface area contributed by atoms with Crippen LogP contribution in [-0.2, 0) is 14.3 Å². The predicted octanol–water partition coefficient (Wildman–Crippen LogP) is 2.30. The van der Waals surface area contributed by atoms with Gasteiger partial charge in [-0.3, -0.25) is 4.79 Å². The Labute approximate surface area is 177 Å². The van der Waals surface area contributed by atoms with Crippen molar-refractivity contribution in [3.05, 3.63) is 22.9 Å². The van der Waals surface area contributed by atoms with E-state index in [0.29, 0.717) is 10.4 Å². The molecule has 0 aromatic carbocycles. The van der Waals surface area contributed by atoms with Gasteiger partial charge in [-0.25, -0.2) is 14.6 Å². The molecule has 10 heteroatoms. The maximum atomic E-state index is 13.2. The zero-order valence-electron chi connectivity index (χ0n) is 16.8. The summed E-state index contributed by atoms with van der Waals surface area (Å²) in [7, 11) is 1.21. The maximum Gasteiger partial charge on any atom is 0.407 e. The van der Waals surface area contributed by atoms with Crippen molar-refractivity contribution < 1.29 is 29.0 Å². The molecule has 1 aliphatic rings. The molecule has 0 saturated carbocycles. The fraction of sp³-hybridized carbons (Fsp3) is 0.579. The number of rotatable bonds is 6. The number of methoxy groups -OCH3 is 1. The van der Waals surface area contributed by atoms with Gasteiger partial charge >= 0.3 is 12.1 Å². The van der Waals surface area contributed by atoms with Crippen LogP contribution in [0.4, 0.5) is 4.79 Å². The lowest BCUT2D eigenvalue weighted by Crippen LogP contribution is -2.56. The van der Waals surface area contributed by atoms with Gasteiger partial charge in [-0.15, -0.1) is 0 Å². The summed E-state index contributed by atoms with van der Waals surface area (Å²) in [4.78, 5) is 42.0. The van der Waals surface area contributed by atoms with E-state index in [9.17, 15) is 19.5 Å². The highest BCUT2D eigenvalue weighted by molar-refractivity contribution is 9.10. The van der Waals surface area contributed by atoms with E-state index in [-0.39, 0.29) is 25.5 Å². The van der Waals surface area contributed by atoms with Crippen molar-refractivity contribution >= 4 is 33.9 Å². The largest absolute Gasteiger partial charge is 0.493 e. The molecule has 29 heavy (non-hydrogen) atoms. The van der Waals surface area contributed by atoms with Gasteiger partial charge in [0.1, 0.15) is 22.4 Å². The van der Waals surface area contributed by atoms with Gasteiger partial charge in [0.25, 0.3) is 0 Å². The molecule has 160 valence electrons. The van der Waals surface area contributed by atoms with E-state index in [1.54, 1.807) is 39.1 Å². The first-order valence-corrected chi connectivity index (χ1v) is 9.94. The Kier molecular flexibility index (Phi) is 7.45. The summed E-state index contributed by atoms with van der Waals surface area (Å²) >= 11 is 3.27. The minimum absolute atomic E-state index is 0.161. The molecule has 0 radical (unpaired) electrons. The summed E-state index contributed by atoms with van der Waals surface area (Å²) < 4.78 is 11.0. The Hall–Kier alpha value is -2.36. The molecular weight excluding hydrogens is 446 g/mol. The Morgan fingerprint density at radius 3 is 2.66 bits per heavy atom. The molecule has 9 nitrogen and oxygen atoms in total. The van der Waals surface area contributed by atoms with Crippen molar-refractivity contribution in [3.63, 3.8) is 0 Å². The van der Waals surface area contributed by atoms with Crippen molar-refractivity contribution in [2.24, 2.45) is 11.3 Å². The van der Waals surface area contributed by atoms with E-state index in [1.165, 1.54) is 12.0 Å². The molecule has 1 fully saturated rings. The SMILES string of the molecule is COC(=O)N[C@H](C(=O)N1C[C@H](COc2ccnc(Br)c2)C[C@H]1C(=O)O)C(C)(C)C. The molecule has 2 N–H and O–H groups in total. The number of carboxylic acid groups (broad SMARTS) is 1. The minimum Gasteiger partial charge on any atom is -0.493 e. The number of carbonyl (C=O) groups excluding carboxylic acids is 2. The van der Waals surface area contributed by atoms with Gasteiger partial charge in [-0.05, 0) is 33.8 Å². The number of ether oxygens (including phenoxy) is 2. The summed E-state index contributed by atoms with van der Waals surface area (Å²) in [6.45, 7) is 5.85. The second-order valence-electron chi connectivity index (χ2n) is 8.01. The van der Waals surface area contributed by atoms with Crippen LogP contribution < -0.4 is 10.1 Å². The third-order valence-electron chi connectivity index (χ3n) is 4.70. The lowest BCUT2D eigenvalue weighted by atomic mass is 9.85. The van der Waals surface area contributed by atoms with Crippen LogP contribution in [-0.4, -0.2) is 65.3 Å². The van der Waals surface area contributed by atoms with E-state index in [1.807, 2.05) is 0 Å². The number of hydrogen-bond donors (Lipinski definition) is 2. The summed E-state index contributed by atoms with van der Waals surface area (Å²) in [6.07, 6.45) is 1.12. The van der Waals surface area contributed by atoms with Crippen LogP contribution in [0.1, 0.15) is 27.2 Å². The summed E-state index contributed by atoms with van der Waals surface area (Å²) in [5.74, 6) is -1.10. The Morgan fingerprint density at radius 2 is 2.10 bits per heavy atom. The van der Waals surface area contributed by atoms with Gasteiger partial charge in [0.2, 0.25) is 5.91 Å². The van der Waals surface area contributed by atoms with Crippen molar-refractivity contribution in [2.75, 3.05) is 20.3 Å². The van der Waals surface area contributed by atoms with E-state index in [4.69, 9.17) is 4.74 Å². The third-order valence-corrected chi connectivity index (χ3v) is 5.13. The molecule has 0 aliphatic carbocycles. The van der Waals surface area contributed by atoms with Crippen molar-refractivity contribution in [3.8, 4) is 5.75 Å². The number of likely N-dealkylation sites (tertiary alicyclic amines) is 1. The number of aliphatic carboxylic acids is 1. The molecular formula is C19H26BrN3O6. The standard InChI is InChI=1S/C19H26BrN3O6/c1-19(2,3)15(22-18(27)28-4)16(24)23-9-11(7-13(23)17(25)26)10-29-12-5-6-21-14(20)8-12/h5-6,8,11,13,15H,7,9-10H2,1-4H3,(H,22,27)(H,25,26)/t11-,13+,15-/m1/s1. The average molecular weight is 472 g/mol. The number of hydrogen-bond acceptors (Lipinski definition) is 6. The summed E-state index contributed by atoms with van der Waals surface area (Å²) in [5.41, 5.74) is -0.633. The van der Waals surface area contributed by atoms with Crippen LogP contribution in [0.5, 0.6) is 5.75 Å². The lowest BCUT2D eigenvalue weighted by Gasteiger charge is -2.34. The smallest absolute Gasteiger partial charge is 0.407 e. The molecule has 2 rings (SSSR count). The summed E-state index contributed by atoms with van der Waals surface area (Å²) in [6, 6.07) is 1.51. The topological polar surface area (TPSA) is 118 Å². The molecule has 0 bridgehead atoms. The van der Waals surface area contributed by atoms with Crippen LogP contribution in [0.2, 0.25) is 0 Å². The number of alkyl carbamates (subject to hydrolysis) is 1. The first-order valence-electron chi connectivity index (χ1n) is 9.15. The first kappa shape index (κ1) is 22.9. The lowest BCUT2D eigenvalue weighted by molar-refractivity contribution is -0.150. The Bertz CT molecular complexity index is 767. The number of halogens is 1. The van der Waals surface area contributed by atoms with Crippen LogP contribution >= 0.6 is 15.9 Å². The van der Waals surface area contributed by atoms with E-state index in [2.05, 4.69) is 31.0 Å². The molecule has 0 spiro atoms. The number of nitrogens with zero attached hydrogens (tertiary/aromatic N) is 2. The quantitative estimate of drug-likeness (QED) is 0.610. The monoisotopic (exact) mass is 471 g/mol. The predicted molar refractivity (Wildman–Crippen MR) is 107 cm³/mol. The first-order chi connectivity index (χ1) is 13.5. The van der Waals surface area contributed by atoms with Crippen molar-refractivity contribution in [1.82, 2.24) is 15.2 Å². The van der Waals surface area contributed by atoms with Crippen LogP contribution in [0, 0.1) is 11.3 Å². The zero-order chi connectivity index (χ0) is 21.8.